The van der Waals surface area contributed by atoms with Crippen molar-refractivity contribution in [3.8, 4) is 0 Å². The van der Waals surface area contributed by atoms with Crippen LogP contribution in [0.5, 0.6) is 0 Å². The number of aromatic amines is 1. The number of ketones is 1. The third kappa shape index (κ3) is 4.71. The van der Waals surface area contributed by atoms with Crippen LogP contribution in [-0.4, -0.2) is 63.0 Å². The van der Waals surface area contributed by atoms with Gasteiger partial charge in [-0.15, -0.1) is 0 Å². The molecular weight excluding hydrogens is 529 g/mol. The minimum absolute atomic E-state index is 0.0650. The number of rotatable bonds is 3. The summed E-state index contributed by atoms with van der Waals surface area (Å²) in [5, 5.41) is 0.600. The molecule has 3 aromatic rings. The molecule has 150 valence electrons. The molecule has 1 aliphatic heterocycles. The molecule has 4 rings (SSSR count). The standard InChI is InChI=1S/C21H19N4O3.Pr.S/c1-14-13-24(20(27)15-6-3-2-4-7-15)10-11-25(14)21(28)18(26)17-12-23-19-16(17)8-5-9-22-19;;/h2-8,12,14H,10-11,13H2,1H3,(H,22,23);;/q-1;+1;/t14-;;/m1../s1. The molecule has 1 fully saturated rings. The van der Waals surface area contributed by atoms with Gasteiger partial charge in [-0.2, -0.15) is 12.1 Å². The number of carbonyl (C=O) groups is 3. The summed E-state index contributed by atoms with van der Waals surface area (Å²) in [7, 11) is 0. The molecule has 1 saturated heterocycles. The Hall–Kier alpha value is -1.90. The number of aromatic nitrogens is 2. The molecule has 7 nitrogen and oxygen atoms in total. The number of H-pyrrole nitrogens is 1. The summed E-state index contributed by atoms with van der Waals surface area (Å²) < 4.78 is 0. The van der Waals surface area contributed by atoms with Gasteiger partial charge in [-0.25, -0.2) is 0 Å². The van der Waals surface area contributed by atoms with Gasteiger partial charge in [0.15, 0.2) is 0 Å². The average molecular weight is 548 g/mol. The summed E-state index contributed by atoms with van der Waals surface area (Å²) in [6.07, 6.45) is 4.20. The van der Waals surface area contributed by atoms with Crippen LogP contribution in [0.15, 0.2) is 48.7 Å². The zero-order chi connectivity index (χ0) is 21.7. The number of nitrogens with one attached hydrogen (secondary N) is 1. The van der Waals surface area contributed by atoms with E-state index in [-0.39, 0.29) is 11.9 Å². The first-order chi connectivity index (χ1) is 14.6. The number of benzene rings is 1. The predicted octanol–water partition coefficient (Wildman–Crippen LogP) is 2.57. The molecule has 0 spiro atoms. The van der Waals surface area contributed by atoms with E-state index in [0.29, 0.717) is 41.8 Å². The third-order valence-electron chi connectivity index (χ3n) is 5.03. The first-order valence-electron chi connectivity index (χ1n) is 9.33. The van der Waals surface area contributed by atoms with E-state index in [2.05, 4.69) is 22.1 Å². The fourth-order valence-electron chi connectivity index (χ4n) is 3.55. The van der Waals surface area contributed by atoms with Crippen molar-refractivity contribution >= 4 is 34.5 Å². The Kier molecular flexibility index (Phi) is 7.91. The van der Waals surface area contributed by atoms with Crippen LogP contribution in [0, 0.1) is 42.8 Å². The topological polar surface area (TPSA) is 86.4 Å². The fourth-order valence-corrected chi connectivity index (χ4v) is 3.55. The van der Waals surface area contributed by atoms with Crippen LogP contribution < -0.4 is 0 Å². The zero-order valence-corrected chi connectivity index (χ0v) is 20.9. The summed E-state index contributed by atoms with van der Waals surface area (Å²) in [6, 6.07) is 12.1. The normalized spacial score (nSPS) is 16.0. The van der Waals surface area contributed by atoms with E-state index < -0.39 is 11.7 Å². The SMILES string of the molecule is C[C@@H]1CN(C(=O)c2ccccc2)CCN1C(=O)C(=O)c1c[nH]c2n[c-]ccc12.[S]=[Pr+]. The van der Waals surface area contributed by atoms with Crippen molar-refractivity contribution < 1.29 is 51.0 Å². The van der Waals surface area contributed by atoms with Crippen LogP contribution in [0.1, 0.15) is 27.6 Å². The van der Waals surface area contributed by atoms with Gasteiger partial charge in [0.2, 0.25) is 5.78 Å². The van der Waals surface area contributed by atoms with E-state index >= 15 is 0 Å². The van der Waals surface area contributed by atoms with Crippen LogP contribution >= 0.6 is 5.90 Å². The molecule has 30 heavy (non-hydrogen) atoms. The van der Waals surface area contributed by atoms with Crippen molar-refractivity contribution in [3.63, 3.8) is 0 Å². The summed E-state index contributed by atoms with van der Waals surface area (Å²) >= 11 is 0.750. The molecule has 1 N–H and O–H groups in total. The van der Waals surface area contributed by atoms with Gasteiger partial charge in [0, 0.05) is 48.6 Å². The Labute approximate surface area is 202 Å². The molecule has 2 amide bonds. The van der Waals surface area contributed by atoms with Gasteiger partial charge in [-0.05, 0) is 19.1 Å². The molecule has 9 heteroatoms. The monoisotopic (exact) mass is 548 g/mol. The molecule has 1 atom stereocenters. The molecule has 1 aliphatic rings. The molecule has 0 aliphatic carbocycles. The van der Waals surface area contributed by atoms with E-state index in [4.69, 9.17) is 0 Å². The van der Waals surface area contributed by atoms with Gasteiger partial charge >= 0.3 is 42.5 Å². The number of piperazine rings is 1. The Balaban J connectivity index is 0.00000124. The Morgan fingerprint density at radius 3 is 2.60 bits per heavy atom. The minimum atomic E-state index is -0.575. The Bertz CT molecular complexity index is 1070. The van der Waals surface area contributed by atoms with Gasteiger partial charge in [0.05, 0.1) is 0 Å². The number of nitrogens with zero attached hydrogens (tertiary/aromatic N) is 3. The van der Waals surface area contributed by atoms with Gasteiger partial charge in [-0.3, -0.25) is 14.4 Å². The van der Waals surface area contributed by atoms with Crippen molar-refractivity contribution in [2.24, 2.45) is 0 Å². The van der Waals surface area contributed by atoms with Gasteiger partial charge < -0.3 is 19.8 Å². The van der Waals surface area contributed by atoms with E-state index in [1.165, 1.54) is 6.20 Å². The Morgan fingerprint density at radius 1 is 1.17 bits per heavy atom. The second-order valence-corrected chi connectivity index (χ2v) is 6.83. The number of Topliss-reactive ketones (excluding diaryl/α,β-unsaturated/α-hetero) is 1. The molecule has 0 radical (unpaired) electrons. The second kappa shape index (κ2) is 10.4. The maximum atomic E-state index is 12.8. The molecule has 0 saturated carbocycles. The fraction of sp³-hybridized carbons (Fsp3) is 0.238. The van der Waals surface area contributed by atoms with E-state index in [0.717, 1.165) is 36.6 Å². The zero-order valence-electron chi connectivity index (χ0n) is 16.4. The first-order valence-corrected chi connectivity index (χ1v) is 14.3. The van der Waals surface area contributed by atoms with Gasteiger partial charge in [0.1, 0.15) is 0 Å². The summed E-state index contributed by atoms with van der Waals surface area (Å²) in [4.78, 5) is 48.4. The number of hydrogen-bond acceptors (Lipinski definition) is 5. The summed E-state index contributed by atoms with van der Waals surface area (Å²) in [5.41, 5.74) is 1.44. The van der Waals surface area contributed by atoms with Crippen molar-refractivity contribution in [1.82, 2.24) is 19.8 Å². The summed E-state index contributed by atoms with van der Waals surface area (Å²) in [5.74, 6) is 3.05. The molecule has 1 aromatic carbocycles. The number of pyridine rings is 1. The maximum absolute atomic E-state index is 12.8. The van der Waals surface area contributed by atoms with Gasteiger partial charge in [0.25, 0.3) is 11.8 Å². The van der Waals surface area contributed by atoms with Crippen molar-refractivity contribution in [2.45, 2.75) is 13.0 Å². The van der Waals surface area contributed by atoms with E-state index in [1.54, 1.807) is 34.1 Å². The number of hydrogen-bond donors (Lipinski definition) is 1. The molecule has 0 unspecified atom stereocenters. The molecule has 3 heterocycles. The van der Waals surface area contributed by atoms with Crippen molar-refractivity contribution in [1.29, 1.82) is 0 Å². The van der Waals surface area contributed by atoms with Crippen molar-refractivity contribution in [3.05, 3.63) is 66.0 Å². The van der Waals surface area contributed by atoms with E-state index in [1.807, 2.05) is 25.1 Å². The molecule has 2 aromatic heterocycles. The third-order valence-corrected chi connectivity index (χ3v) is 5.03. The average Bonchev–Trinajstić information content (AvgIpc) is 3.23. The quantitative estimate of drug-likeness (QED) is 0.309. The van der Waals surface area contributed by atoms with Crippen LogP contribution in [0.3, 0.4) is 0 Å². The number of fused-ring (bicyclic) bond motifs is 1. The predicted molar refractivity (Wildman–Crippen MR) is 110 cm³/mol. The van der Waals surface area contributed by atoms with Crippen LogP contribution in [-0.2, 0) is 4.79 Å². The summed E-state index contributed by atoms with van der Waals surface area (Å²) in [6.45, 7) is 2.94. The molecular formula is C21H19N4O3PrS. The van der Waals surface area contributed by atoms with Gasteiger partial charge in [-0.1, -0.05) is 29.8 Å². The first kappa shape index (κ1) is 22.8. The Morgan fingerprint density at radius 2 is 1.90 bits per heavy atom. The van der Waals surface area contributed by atoms with Crippen LogP contribution in [0.25, 0.3) is 11.0 Å². The van der Waals surface area contributed by atoms with E-state index in [9.17, 15) is 14.4 Å². The molecule has 0 bridgehead atoms. The number of carbonyl (C=O) groups excluding carboxylic acids is 3. The van der Waals surface area contributed by atoms with Crippen LogP contribution in [0.2, 0.25) is 0 Å². The second-order valence-electron chi connectivity index (χ2n) is 6.83. The van der Waals surface area contributed by atoms with Crippen LogP contribution in [0.4, 0.5) is 0 Å². The number of amides is 2. The van der Waals surface area contributed by atoms with Crippen molar-refractivity contribution in [2.75, 3.05) is 19.6 Å².